The number of amides is 1. The third kappa shape index (κ3) is 3.90. The lowest BCUT2D eigenvalue weighted by Gasteiger charge is -2.11. The second-order valence-electron chi connectivity index (χ2n) is 5.92. The Morgan fingerprint density at radius 1 is 1.42 bits per heavy atom. The highest BCUT2D eigenvalue weighted by molar-refractivity contribution is 5.75. The molecule has 1 atom stereocenters. The number of nitrogens with one attached hydrogen (secondary N) is 1. The van der Waals surface area contributed by atoms with Gasteiger partial charge in [0, 0.05) is 11.6 Å². The van der Waals surface area contributed by atoms with E-state index in [-0.39, 0.29) is 29.9 Å². The molecule has 2 aromatic rings. The molecule has 1 amide bonds. The average molecular weight is 339 g/mol. The van der Waals surface area contributed by atoms with Gasteiger partial charge in [-0.15, -0.1) is 10.2 Å². The maximum Gasteiger partial charge on any atom is 0.416 e. The summed E-state index contributed by atoms with van der Waals surface area (Å²) in [5, 5.41) is 14.3. The molecular weight excluding hydrogens is 323 g/mol. The molecule has 0 radical (unpaired) electrons. The minimum absolute atomic E-state index is 0.0455. The summed E-state index contributed by atoms with van der Waals surface area (Å²) in [6.07, 6.45) is -2.21. The predicted octanol–water partition coefficient (Wildman–Crippen LogP) is 2.27. The van der Waals surface area contributed by atoms with Crippen LogP contribution in [-0.4, -0.2) is 32.2 Å². The van der Waals surface area contributed by atoms with Crippen molar-refractivity contribution in [3.63, 3.8) is 0 Å². The molecule has 1 aromatic heterocycles. The van der Waals surface area contributed by atoms with Crippen molar-refractivity contribution < 1.29 is 18.0 Å². The molecule has 3 rings (SSSR count). The van der Waals surface area contributed by atoms with Crippen molar-refractivity contribution in [1.82, 2.24) is 25.5 Å². The van der Waals surface area contributed by atoms with Crippen LogP contribution in [0.3, 0.4) is 0 Å². The molecule has 24 heavy (non-hydrogen) atoms. The number of hydrogen-bond acceptors (Lipinski definition) is 4. The van der Waals surface area contributed by atoms with E-state index >= 15 is 0 Å². The molecule has 128 valence electrons. The van der Waals surface area contributed by atoms with Gasteiger partial charge in [-0.1, -0.05) is 12.1 Å². The molecule has 0 bridgehead atoms. The Kier molecular flexibility index (Phi) is 4.25. The van der Waals surface area contributed by atoms with Gasteiger partial charge in [0.05, 0.1) is 5.56 Å². The number of benzene rings is 1. The minimum atomic E-state index is -4.44. The number of carbonyl (C=O) groups is 1. The molecule has 1 N–H and O–H groups in total. The summed E-state index contributed by atoms with van der Waals surface area (Å²) in [7, 11) is 0. The van der Waals surface area contributed by atoms with Crippen LogP contribution >= 0.6 is 0 Å². The maximum atomic E-state index is 12.7. The molecular formula is C15H16F3N5O. The molecule has 0 unspecified atom stereocenters. The topological polar surface area (TPSA) is 72.7 Å². The Balaban J connectivity index is 1.68. The number of carbonyl (C=O) groups excluding carboxylic acids is 1. The lowest BCUT2D eigenvalue weighted by atomic mass is 10.1. The largest absolute Gasteiger partial charge is 0.416 e. The lowest BCUT2D eigenvalue weighted by molar-refractivity contribution is -0.137. The second-order valence-corrected chi connectivity index (χ2v) is 5.92. The normalized spacial score (nSPS) is 16.0. The lowest BCUT2D eigenvalue weighted by Crippen LogP contribution is -2.36. The fourth-order valence-corrected chi connectivity index (χ4v) is 2.40. The zero-order chi connectivity index (χ0) is 17.3. The fourth-order valence-electron chi connectivity index (χ4n) is 2.40. The van der Waals surface area contributed by atoms with Gasteiger partial charge < -0.3 is 5.32 Å². The average Bonchev–Trinajstić information content (AvgIpc) is 3.27. The standard InChI is InChI=1S/C15H16F3N5O/c1-9(10-5-6-10)19-13(24)8-23-21-14(20-22-23)11-3-2-4-12(7-11)15(16,17)18/h2-4,7,9-10H,5-6,8H2,1H3,(H,19,24)/t9-/m0/s1. The van der Waals surface area contributed by atoms with Crippen LogP contribution in [0.1, 0.15) is 25.3 Å². The van der Waals surface area contributed by atoms with Crippen molar-refractivity contribution in [2.45, 2.75) is 38.5 Å². The van der Waals surface area contributed by atoms with E-state index in [2.05, 4.69) is 20.7 Å². The van der Waals surface area contributed by atoms with Gasteiger partial charge in [0.15, 0.2) is 0 Å². The summed E-state index contributed by atoms with van der Waals surface area (Å²) in [4.78, 5) is 13.0. The molecule has 1 heterocycles. The van der Waals surface area contributed by atoms with Crippen molar-refractivity contribution in [3.8, 4) is 11.4 Å². The summed E-state index contributed by atoms with van der Waals surface area (Å²) < 4.78 is 38.2. The molecule has 0 spiro atoms. The number of aromatic nitrogens is 4. The Morgan fingerprint density at radius 2 is 2.17 bits per heavy atom. The molecule has 1 saturated carbocycles. The molecule has 0 aliphatic heterocycles. The van der Waals surface area contributed by atoms with E-state index in [1.54, 1.807) is 0 Å². The summed E-state index contributed by atoms with van der Waals surface area (Å²) in [6.45, 7) is 1.82. The summed E-state index contributed by atoms with van der Waals surface area (Å²) in [5.74, 6) is 0.324. The Bertz CT molecular complexity index is 739. The van der Waals surface area contributed by atoms with Crippen molar-refractivity contribution in [1.29, 1.82) is 0 Å². The van der Waals surface area contributed by atoms with E-state index in [0.29, 0.717) is 5.92 Å². The Morgan fingerprint density at radius 3 is 2.83 bits per heavy atom. The van der Waals surface area contributed by atoms with Crippen LogP contribution in [0.25, 0.3) is 11.4 Å². The van der Waals surface area contributed by atoms with Gasteiger partial charge in [-0.05, 0) is 43.0 Å². The maximum absolute atomic E-state index is 12.7. The van der Waals surface area contributed by atoms with Crippen LogP contribution < -0.4 is 5.32 Å². The van der Waals surface area contributed by atoms with Crippen LogP contribution in [0.2, 0.25) is 0 Å². The Labute approximate surface area is 136 Å². The summed E-state index contributed by atoms with van der Waals surface area (Å²) >= 11 is 0. The first kappa shape index (κ1) is 16.4. The minimum Gasteiger partial charge on any atom is -0.352 e. The second kappa shape index (κ2) is 6.21. The molecule has 1 aliphatic carbocycles. The number of tetrazole rings is 1. The van der Waals surface area contributed by atoms with Crippen LogP contribution in [0.15, 0.2) is 24.3 Å². The highest BCUT2D eigenvalue weighted by atomic mass is 19.4. The fraction of sp³-hybridized carbons (Fsp3) is 0.467. The highest BCUT2D eigenvalue weighted by Gasteiger charge is 2.31. The molecule has 1 fully saturated rings. The van der Waals surface area contributed by atoms with E-state index in [1.165, 1.54) is 12.1 Å². The number of alkyl halides is 3. The highest BCUT2D eigenvalue weighted by Crippen LogP contribution is 2.32. The first-order valence-corrected chi connectivity index (χ1v) is 7.58. The number of halogens is 3. The predicted molar refractivity (Wildman–Crippen MR) is 78.6 cm³/mol. The van der Waals surface area contributed by atoms with E-state index < -0.39 is 11.7 Å². The molecule has 9 heteroatoms. The van der Waals surface area contributed by atoms with E-state index in [1.807, 2.05) is 6.92 Å². The van der Waals surface area contributed by atoms with Gasteiger partial charge in [0.25, 0.3) is 0 Å². The van der Waals surface area contributed by atoms with Crippen molar-refractivity contribution in [2.75, 3.05) is 0 Å². The van der Waals surface area contributed by atoms with Gasteiger partial charge in [0.2, 0.25) is 11.7 Å². The van der Waals surface area contributed by atoms with Crippen molar-refractivity contribution in [3.05, 3.63) is 29.8 Å². The quantitative estimate of drug-likeness (QED) is 0.907. The van der Waals surface area contributed by atoms with E-state index in [0.717, 1.165) is 29.8 Å². The third-order valence-corrected chi connectivity index (χ3v) is 3.90. The van der Waals surface area contributed by atoms with Gasteiger partial charge in [0.1, 0.15) is 6.54 Å². The molecule has 1 aliphatic rings. The van der Waals surface area contributed by atoms with Gasteiger partial charge in [-0.3, -0.25) is 4.79 Å². The third-order valence-electron chi connectivity index (χ3n) is 3.90. The first-order valence-electron chi connectivity index (χ1n) is 7.58. The molecule has 1 aromatic carbocycles. The van der Waals surface area contributed by atoms with Crippen molar-refractivity contribution >= 4 is 5.91 Å². The van der Waals surface area contributed by atoms with Gasteiger partial charge in [-0.25, -0.2) is 0 Å². The van der Waals surface area contributed by atoms with Gasteiger partial charge in [-0.2, -0.15) is 18.0 Å². The SMILES string of the molecule is C[C@H](NC(=O)Cn1nnc(-c2cccc(C(F)(F)F)c2)n1)C1CC1. The van der Waals surface area contributed by atoms with E-state index in [4.69, 9.17) is 0 Å². The summed E-state index contributed by atoms with van der Waals surface area (Å²) in [5.41, 5.74) is -0.588. The monoisotopic (exact) mass is 339 g/mol. The zero-order valence-electron chi connectivity index (χ0n) is 12.9. The van der Waals surface area contributed by atoms with Crippen LogP contribution in [0, 0.1) is 5.92 Å². The number of rotatable bonds is 5. The Hall–Kier alpha value is -2.45. The molecule has 0 saturated heterocycles. The van der Waals surface area contributed by atoms with Gasteiger partial charge >= 0.3 is 6.18 Å². The van der Waals surface area contributed by atoms with Crippen molar-refractivity contribution in [2.24, 2.45) is 5.92 Å². The number of nitrogens with zero attached hydrogens (tertiary/aromatic N) is 4. The van der Waals surface area contributed by atoms with Crippen LogP contribution in [0.4, 0.5) is 13.2 Å². The van der Waals surface area contributed by atoms with E-state index in [9.17, 15) is 18.0 Å². The number of hydrogen-bond donors (Lipinski definition) is 1. The zero-order valence-corrected chi connectivity index (χ0v) is 12.9. The molecule has 6 nitrogen and oxygen atoms in total. The first-order chi connectivity index (χ1) is 11.3. The van der Waals surface area contributed by atoms with Crippen LogP contribution in [0.5, 0.6) is 0 Å². The smallest absolute Gasteiger partial charge is 0.352 e. The summed E-state index contributed by atoms with van der Waals surface area (Å²) in [6, 6.07) is 4.77. The van der Waals surface area contributed by atoms with Crippen LogP contribution in [-0.2, 0) is 17.5 Å².